The number of imidazole rings is 1. The van der Waals surface area contributed by atoms with Crippen molar-refractivity contribution in [2.45, 2.75) is 6.54 Å². The number of nitro groups is 1. The zero-order valence-electron chi connectivity index (χ0n) is 16.2. The van der Waals surface area contributed by atoms with Gasteiger partial charge in [0.2, 0.25) is 0 Å². The average molecular weight is 434 g/mol. The molecular formula is C17H15FN6O7. The van der Waals surface area contributed by atoms with Crippen LogP contribution in [0.3, 0.4) is 0 Å². The summed E-state index contributed by atoms with van der Waals surface area (Å²) in [5, 5.41) is 13.1. The van der Waals surface area contributed by atoms with Crippen molar-refractivity contribution in [3.63, 3.8) is 0 Å². The minimum absolute atomic E-state index is 0.00654. The van der Waals surface area contributed by atoms with Crippen LogP contribution in [0.25, 0.3) is 11.2 Å². The Hall–Kier alpha value is -4.36. The summed E-state index contributed by atoms with van der Waals surface area (Å²) in [4.78, 5) is 62.3. The maximum absolute atomic E-state index is 13.2. The summed E-state index contributed by atoms with van der Waals surface area (Å²) in [7, 11) is 2.69. The first kappa shape index (κ1) is 21.4. The molecule has 0 bridgehead atoms. The van der Waals surface area contributed by atoms with Crippen molar-refractivity contribution in [3.05, 3.63) is 61.3 Å². The number of hydrogen-bond acceptors (Lipinski definition) is 8. The number of nitro benzene ring substituents is 1. The van der Waals surface area contributed by atoms with Crippen molar-refractivity contribution in [3.8, 4) is 0 Å². The molecule has 1 N–H and O–H groups in total. The second-order valence-corrected chi connectivity index (χ2v) is 6.38. The van der Waals surface area contributed by atoms with Gasteiger partial charge in [-0.3, -0.25) is 33.6 Å². The Balaban J connectivity index is 1.69. The number of nitrogens with zero attached hydrogens (tertiary/aromatic N) is 5. The molecule has 2 heterocycles. The number of aryl methyl sites for hydroxylation is 1. The number of fused-ring (bicyclic) bond motifs is 1. The van der Waals surface area contributed by atoms with Crippen LogP contribution < -0.4 is 16.6 Å². The van der Waals surface area contributed by atoms with Crippen molar-refractivity contribution in [1.82, 2.24) is 18.7 Å². The van der Waals surface area contributed by atoms with Crippen LogP contribution in [0, 0.1) is 15.9 Å². The molecule has 2 aromatic heterocycles. The lowest BCUT2D eigenvalue weighted by atomic mass is 10.2. The minimum atomic E-state index is -0.904. The van der Waals surface area contributed by atoms with Crippen LogP contribution in [-0.4, -0.2) is 42.1 Å². The van der Waals surface area contributed by atoms with Gasteiger partial charge in [-0.15, -0.1) is 0 Å². The predicted octanol–water partition coefficient (Wildman–Crippen LogP) is -0.337. The van der Waals surface area contributed by atoms with Crippen molar-refractivity contribution in [2.75, 3.05) is 11.9 Å². The molecule has 0 aliphatic rings. The molecule has 1 aromatic carbocycles. The van der Waals surface area contributed by atoms with Gasteiger partial charge in [0, 0.05) is 14.1 Å². The number of benzene rings is 1. The van der Waals surface area contributed by atoms with Crippen LogP contribution in [0.5, 0.6) is 0 Å². The Morgan fingerprint density at radius 1 is 1.26 bits per heavy atom. The van der Waals surface area contributed by atoms with Crippen LogP contribution in [0.4, 0.5) is 15.8 Å². The highest BCUT2D eigenvalue weighted by Crippen LogP contribution is 2.24. The van der Waals surface area contributed by atoms with Crippen molar-refractivity contribution < 1.29 is 23.6 Å². The van der Waals surface area contributed by atoms with Crippen molar-refractivity contribution >= 4 is 34.4 Å². The molecule has 3 aromatic rings. The van der Waals surface area contributed by atoms with E-state index in [9.17, 15) is 33.7 Å². The van der Waals surface area contributed by atoms with Gasteiger partial charge in [-0.25, -0.2) is 14.2 Å². The van der Waals surface area contributed by atoms with E-state index in [1.807, 2.05) is 0 Å². The third kappa shape index (κ3) is 4.17. The summed E-state index contributed by atoms with van der Waals surface area (Å²) >= 11 is 0. The Morgan fingerprint density at radius 2 is 1.97 bits per heavy atom. The van der Waals surface area contributed by atoms with Gasteiger partial charge in [-0.2, -0.15) is 0 Å². The maximum atomic E-state index is 13.2. The molecule has 162 valence electrons. The zero-order chi connectivity index (χ0) is 22.9. The third-order valence-electron chi connectivity index (χ3n) is 4.31. The molecule has 0 unspecified atom stereocenters. The van der Waals surface area contributed by atoms with E-state index in [4.69, 9.17) is 4.74 Å². The molecule has 0 atom stereocenters. The molecular weight excluding hydrogens is 419 g/mol. The molecule has 13 nitrogen and oxygen atoms in total. The summed E-state index contributed by atoms with van der Waals surface area (Å²) in [6.07, 6.45) is 1.18. The monoisotopic (exact) mass is 434 g/mol. The number of hydrogen-bond donors (Lipinski definition) is 1. The topological polar surface area (TPSA) is 160 Å². The molecule has 0 radical (unpaired) electrons. The number of nitrogens with one attached hydrogen (secondary N) is 1. The fourth-order valence-corrected chi connectivity index (χ4v) is 2.80. The molecule has 0 saturated heterocycles. The van der Waals surface area contributed by atoms with Gasteiger partial charge in [-0.1, -0.05) is 0 Å². The first-order valence-corrected chi connectivity index (χ1v) is 8.60. The number of rotatable bonds is 6. The van der Waals surface area contributed by atoms with E-state index in [1.165, 1.54) is 25.0 Å². The maximum Gasteiger partial charge on any atom is 0.332 e. The normalized spacial score (nSPS) is 10.8. The lowest BCUT2D eigenvalue weighted by molar-refractivity contribution is -0.384. The highest BCUT2D eigenvalue weighted by Gasteiger charge is 2.19. The van der Waals surface area contributed by atoms with E-state index in [2.05, 4.69) is 10.3 Å². The predicted molar refractivity (Wildman–Crippen MR) is 103 cm³/mol. The van der Waals surface area contributed by atoms with Crippen LogP contribution >= 0.6 is 0 Å². The number of carbonyl (C=O) groups excluding carboxylic acids is 2. The lowest BCUT2D eigenvalue weighted by Gasteiger charge is -2.08. The Bertz CT molecular complexity index is 1340. The molecule has 0 saturated carbocycles. The van der Waals surface area contributed by atoms with E-state index in [0.717, 1.165) is 21.3 Å². The van der Waals surface area contributed by atoms with Gasteiger partial charge >= 0.3 is 11.7 Å². The molecule has 0 fully saturated rings. The second kappa shape index (κ2) is 8.17. The number of carbonyl (C=O) groups is 2. The number of esters is 1. The fraction of sp³-hybridized carbons (Fsp3) is 0.235. The van der Waals surface area contributed by atoms with E-state index in [0.29, 0.717) is 6.07 Å². The summed E-state index contributed by atoms with van der Waals surface area (Å²) in [6, 6.07) is 2.57. The highest BCUT2D eigenvalue weighted by atomic mass is 19.1. The van der Waals surface area contributed by atoms with E-state index < -0.39 is 52.7 Å². The van der Waals surface area contributed by atoms with Gasteiger partial charge in [0.25, 0.3) is 17.2 Å². The number of ether oxygens (including phenoxy) is 1. The summed E-state index contributed by atoms with van der Waals surface area (Å²) in [5.74, 6) is -2.65. The van der Waals surface area contributed by atoms with Crippen molar-refractivity contribution in [2.24, 2.45) is 14.1 Å². The summed E-state index contributed by atoms with van der Waals surface area (Å²) in [6.45, 7) is -1.26. The number of halogens is 1. The third-order valence-corrected chi connectivity index (χ3v) is 4.31. The van der Waals surface area contributed by atoms with Gasteiger partial charge < -0.3 is 14.6 Å². The first-order chi connectivity index (χ1) is 14.6. The first-order valence-electron chi connectivity index (χ1n) is 8.60. The number of anilines is 1. The van der Waals surface area contributed by atoms with Crippen LogP contribution in [-0.2, 0) is 35.0 Å². The molecule has 0 spiro atoms. The molecule has 14 heteroatoms. The van der Waals surface area contributed by atoms with E-state index in [1.54, 1.807) is 0 Å². The molecule has 0 aliphatic heterocycles. The van der Waals surface area contributed by atoms with Gasteiger partial charge in [0.1, 0.15) is 18.0 Å². The van der Waals surface area contributed by atoms with Crippen LogP contribution in [0.2, 0.25) is 0 Å². The Labute approximate surface area is 171 Å². The standard InChI is InChI=1S/C17H15FN6O7/c1-21-15-14(16(27)22(2)17(21)28)23(8-19-15)6-13(26)31-7-12(25)20-10-4-3-9(18)5-11(10)24(29)30/h3-5,8H,6-7H2,1-2H3,(H,20,25). The summed E-state index contributed by atoms with van der Waals surface area (Å²) < 4.78 is 21.1. The largest absolute Gasteiger partial charge is 0.454 e. The van der Waals surface area contributed by atoms with Gasteiger partial charge in [-0.05, 0) is 12.1 Å². The van der Waals surface area contributed by atoms with Crippen LogP contribution in [0.15, 0.2) is 34.1 Å². The Kier molecular flexibility index (Phi) is 5.63. The molecule has 3 rings (SSSR count). The quantitative estimate of drug-likeness (QED) is 0.313. The van der Waals surface area contributed by atoms with E-state index in [-0.39, 0.29) is 16.9 Å². The summed E-state index contributed by atoms with van der Waals surface area (Å²) in [5.41, 5.74) is -2.11. The van der Waals surface area contributed by atoms with Crippen molar-refractivity contribution in [1.29, 1.82) is 0 Å². The molecule has 31 heavy (non-hydrogen) atoms. The highest BCUT2D eigenvalue weighted by molar-refractivity contribution is 5.94. The van der Waals surface area contributed by atoms with Gasteiger partial charge in [0.15, 0.2) is 17.8 Å². The SMILES string of the molecule is Cn1c(=O)c2c(ncn2CC(=O)OCC(=O)Nc2ccc(F)cc2[N+](=O)[O-])n(C)c1=O. The lowest BCUT2D eigenvalue weighted by Crippen LogP contribution is -2.37. The zero-order valence-corrected chi connectivity index (χ0v) is 16.2. The Morgan fingerprint density at radius 3 is 2.65 bits per heavy atom. The molecule has 1 amide bonds. The fourth-order valence-electron chi connectivity index (χ4n) is 2.80. The van der Waals surface area contributed by atoms with Crippen LogP contribution in [0.1, 0.15) is 0 Å². The molecule has 0 aliphatic carbocycles. The second-order valence-electron chi connectivity index (χ2n) is 6.38. The minimum Gasteiger partial charge on any atom is -0.454 e. The average Bonchev–Trinajstić information content (AvgIpc) is 3.14. The van der Waals surface area contributed by atoms with Gasteiger partial charge in [0.05, 0.1) is 17.3 Å². The smallest absolute Gasteiger partial charge is 0.332 e. The number of amides is 1. The number of aromatic nitrogens is 4. The van der Waals surface area contributed by atoms with E-state index >= 15 is 0 Å².